The second kappa shape index (κ2) is 6.25. The highest BCUT2D eigenvalue weighted by Crippen LogP contribution is 2.37. The van der Waals surface area contributed by atoms with E-state index in [9.17, 15) is 4.79 Å². The van der Waals surface area contributed by atoms with Crippen LogP contribution in [0.4, 0.5) is 0 Å². The zero-order chi connectivity index (χ0) is 13.0. The van der Waals surface area contributed by atoms with E-state index in [0.29, 0.717) is 6.61 Å². The molecular weight excluding hydrogens is 246 g/mol. The smallest absolute Gasteiger partial charge is 0.236 e. The Balaban J connectivity index is 1.88. The first kappa shape index (κ1) is 13.4. The van der Waals surface area contributed by atoms with E-state index in [0.717, 1.165) is 19.4 Å². The van der Waals surface area contributed by atoms with E-state index in [1.807, 2.05) is 24.1 Å². The monoisotopic (exact) mass is 265 g/mol. The van der Waals surface area contributed by atoms with Gasteiger partial charge in [0.1, 0.15) is 0 Å². The van der Waals surface area contributed by atoms with Crippen molar-refractivity contribution in [2.24, 2.45) is 0 Å². The van der Waals surface area contributed by atoms with Gasteiger partial charge in [0.2, 0.25) is 5.91 Å². The van der Waals surface area contributed by atoms with Crippen molar-refractivity contribution in [3.05, 3.63) is 29.8 Å². The number of hydrogen-bond acceptors (Lipinski definition) is 3. The topological polar surface area (TPSA) is 29.5 Å². The molecule has 1 atom stereocenters. The molecule has 0 saturated heterocycles. The highest BCUT2D eigenvalue weighted by Gasteiger charge is 2.29. The third-order valence-electron chi connectivity index (χ3n) is 3.14. The zero-order valence-electron chi connectivity index (χ0n) is 10.9. The number of nitrogens with zero attached hydrogens (tertiary/aromatic N) is 1. The number of carbonyl (C=O) groups is 1. The maximum atomic E-state index is 12.3. The van der Waals surface area contributed by atoms with E-state index >= 15 is 0 Å². The molecule has 0 aliphatic carbocycles. The van der Waals surface area contributed by atoms with E-state index in [4.69, 9.17) is 4.74 Å². The van der Waals surface area contributed by atoms with Gasteiger partial charge in [-0.2, -0.15) is 0 Å². The normalized spacial score (nSPS) is 17.6. The summed E-state index contributed by atoms with van der Waals surface area (Å²) < 4.78 is 5.00. The first-order valence-electron chi connectivity index (χ1n) is 6.21. The van der Waals surface area contributed by atoms with Crippen molar-refractivity contribution in [3.63, 3.8) is 0 Å². The van der Waals surface area contributed by atoms with Crippen LogP contribution in [0.25, 0.3) is 0 Å². The van der Waals surface area contributed by atoms with Crippen molar-refractivity contribution in [3.8, 4) is 0 Å². The molecule has 1 aromatic carbocycles. The van der Waals surface area contributed by atoms with Crippen molar-refractivity contribution >= 4 is 17.7 Å². The lowest BCUT2D eigenvalue weighted by Crippen LogP contribution is -2.35. The molecule has 1 unspecified atom stereocenters. The number of hydrogen-bond donors (Lipinski definition) is 0. The SMILES string of the molecule is COCCCN(C)C(=O)C1Cc2ccccc2S1. The number of amides is 1. The van der Waals surface area contributed by atoms with E-state index in [1.54, 1.807) is 18.9 Å². The van der Waals surface area contributed by atoms with Gasteiger partial charge in [-0.25, -0.2) is 0 Å². The number of methoxy groups -OCH3 is 1. The van der Waals surface area contributed by atoms with Crippen LogP contribution < -0.4 is 0 Å². The molecule has 18 heavy (non-hydrogen) atoms. The average Bonchev–Trinajstić information content (AvgIpc) is 2.81. The van der Waals surface area contributed by atoms with Gasteiger partial charge in [-0.15, -0.1) is 11.8 Å². The summed E-state index contributed by atoms with van der Waals surface area (Å²) in [4.78, 5) is 15.3. The Kier molecular flexibility index (Phi) is 4.66. The van der Waals surface area contributed by atoms with Crippen molar-refractivity contribution in [2.45, 2.75) is 23.0 Å². The fourth-order valence-corrected chi connectivity index (χ4v) is 3.43. The molecule has 0 fully saturated rings. The Bertz CT molecular complexity index is 397. The maximum absolute atomic E-state index is 12.3. The van der Waals surface area contributed by atoms with Gasteiger partial charge in [-0.1, -0.05) is 18.2 Å². The largest absolute Gasteiger partial charge is 0.385 e. The second-order valence-electron chi connectivity index (χ2n) is 4.52. The molecule has 4 heteroatoms. The molecule has 3 nitrogen and oxygen atoms in total. The molecule has 0 radical (unpaired) electrons. The van der Waals surface area contributed by atoms with Crippen LogP contribution in [0.1, 0.15) is 12.0 Å². The van der Waals surface area contributed by atoms with E-state index in [1.165, 1.54) is 10.5 Å². The Morgan fingerprint density at radius 1 is 1.50 bits per heavy atom. The van der Waals surface area contributed by atoms with Gasteiger partial charge in [0.05, 0.1) is 5.25 Å². The number of fused-ring (bicyclic) bond motifs is 1. The predicted molar refractivity (Wildman–Crippen MR) is 73.9 cm³/mol. The van der Waals surface area contributed by atoms with Crippen molar-refractivity contribution in [2.75, 3.05) is 27.3 Å². The molecule has 1 aliphatic rings. The fraction of sp³-hybridized carbons (Fsp3) is 0.500. The van der Waals surface area contributed by atoms with Crippen LogP contribution in [0.5, 0.6) is 0 Å². The molecule has 1 amide bonds. The number of ether oxygens (including phenoxy) is 1. The predicted octanol–water partition coefficient (Wildman–Crippen LogP) is 2.20. The lowest BCUT2D eigenvalue weighted by atomic mass is 10.1. The number of thioether (sulfide) groups is 1. The quantitative estimate of drug-likeness (QED) is 0.764. The van der Waals surface area contributed by atoms with E-state index in [-0.39, 0.29) is 11.2 Å². The average molecular weight is 265 g/mol. The molecule has 1 aliphatic heterocycles. The van der Waals surface area contributed by atoms with Crippen molar-refractivity contribution < 1.29 is 9.53 Å². The maximum Gasteiger partial charge on any atom is 0.236 e. The second-order valence-corrected chi connectivity index (χ2v) is 5.77. The molecule has 2 rings (SSSR count). The number of carbonyl (C=O) groups excluding carboxylic acids is 1. The molecule has 0 aromatic heterocycles. The summed E-state index contributed by atoms with van der Waals surface area (Å²) >= 11 is 1.69. The van der Waals surface area contributed by atoms with Crippen molar-refractivity contribution in [1.82, 2.24) is 4.90 Å². The van der Waals surface area contributed by atoms with Crippen LogP contribution in [0, 0.1) is 0 Å². The Hall–Kier alpha value is -1.00. The molecule has 98 valence electrons. The highest BCUT2D eigenvalue weighted by atomic mass is 32.2. The lowest BCUT2D eigenvalue weighted by Gasteiger charge is -2.20. The third kappa shape index (κ3) is 3.06. The minimum atomic E-state index is 0.0509. The Morgan fingerprint density at radius 2 is 2.28 bits per heavy atom. The van der Waals surface area contributed by atoms with Gasteiger partial charge >= 0.3 is 0 Å². The molecular formula is C14H19NO2S. The van der Waals surface area contributed by atoms with Gasteiger partial charge in [0.25, 0.3) is 0 Å². The van der Waals surface area contributed by atoms with Crippen LogP contribution in [-0.2, 0) is 16.0 Å². The van der Waals surface area contributed by atoms with Crippen molar-refractivity contribution in [1.29, 1.82) is 0 Å². The van der Waals surface area contributed by atoms with Gasteiger partial charge < -0.3 is 9.64 Å². The fourth-order valence-electron chi connectivity index (χ4n) is 2.12. The Morgan fingerprint density at radius 3 is 3.00 bits per heavy atom. The van der Waals surface area contributed by atoms with E-state index in [2.05, 4.69) is 12.1 Å². The lowest BCUT2D eigenvalue weighted by molar-refractivity contribution is -0.129. The van der Waals surface area contributed by atoms with Crippen LogP contribution >= 0.6 is 11.8 Å². The van der Waals surface area contributed by atoms with Crippen LogP contribution in [0.2, 0.25) is 0 Å². The van der Waals surface area contributed by atoms with Crippen LogP contribution in [-0.4, -0.2) is 43.4 Å². The summed E-state index contributed by atoms with van der Waals surface area (Å²) in [5, 5.41) is 0.0509. The van der Waals surface area contributed by atoms with Crippen LogP contribution in [0.15, 0.2) is 29.2 Å². The molecule has 0 saturated carbocycles. The minimum absolute atomic E-state index is 0.0509. The summed E-state index contributed by atoms with van der Waals surface area (Å²) in [7, 11) is 3.56. The summed E-state index contributed by atoms with van der Waals surface area (Å²) in [6.45, 7) is 1.47. The highest BCUT2D eigenvalue weighted by molar-refractivity contribution is 8.01. The Labute approximate surface area is 113 Å². The molecule has 0 spiro atoms. The summed E-state index contributed by atoms with van der Waals surface area (Å²) in [6, 6.07) is 8.27. The van der Waals surface area contributed by atoms with Gasteiger partial charge in [0, 0.05) is 32.2 Å². The molecule has 0 bridgehead atoms. The molecule has 1 heterocycles. The van der Waals surface area contributed by atoms with E-state index < -0.39 is 0 Å². The number of benzene rings is 1. The van der Waals surface area contributed by atoms with Gasteiger partial charge in [-0.3, -0.25) is 4.79 Å². The summed E-state index contributed by atoms with van der Waals surface area (Å²) in [5.41, 5.74) is 1.30. The first-order chi connectivity index (χ1) is 8.72. The molecule has 1 aromatic rings. The zero-order valence-corrected chi connectivity index (χ0v) is 11.7. The molecule has 0 N–H and O–H groups in total. The van der Waals surface area contributed by atoms with Crippen LogP contribution in [0.3, 0.4) is 0 Å². The summed E-state index contributed by atoms with van der Waals surface area (Å²) in [5.74, 6) is 0.229. The van der Waals surface area contributed by atoms with Gasteiger partial charge in [-0.05, 0) is 24.5 Å². The summed E-state index contributed by atoms with van der Waals surface area (Å²) in [6.07, 6.45) is 1.75. The minimum Gasteiger partial charge on any atom is -0.385 e. The number of rotatable bonds is 5. The standard InChI is InChI=1S/C14H19NO2S/c1-15(8-5-9-17-2)14(16)13-10-11-6-3-4-7-12(11)18-13/h3-4,6-7,13H,5,8-10H2,1-2H3. The first-order valence-corrected chi connectivity index (χ1v) is 7.09. The van der Waals surface area contributed by atoms with Gasteiger partial charge in [0.15, 0.2) is 0 Å². The third-order valence-corrected chi connectivity index (χ3v) is 4.45.